The first-order valence-corrected chi connectivity index (χ1v) is 9.07. The molecule has 26 heavy (non-hydrogen) atoms. The van der Waals surface area contributed by atoms with Crippen molar-refractivity contribution in [2.24, 2.45) is 0 Å². The number of hydrogen-bond acceptors (Lipinski definition) is 2. The molecule has 3 amide bonds. The molecule has 0 saturated carbocycles. The third-order valence-corrected chi connectivity index (χ3v) is 4.83. The minimum absolute atomic E-state index is 0.0167. The molecule has 136 valence electrons. The van der Waals surface area contributed by atoms with E-state index in [1.54, 1.807) is 42.3 Å². The molecule has 1 fully saturated rings. The minimum Gasteiger partial charge on any atom is -0.339 e. The molecule has 1 heterocycles. The number of benzene rings is 2. The van der Waals surface area contributed by atoms with Crippen molar-refractivity contribution in [3.8, 4) is 0 Å². The van der Waals surface area contributed by atoms with Crippen LogP contribution in [0.4, 0.5) is 10.5 Å². The van der Waals surface area contributed by atoms with Crippen LogP contribution in [0.2, 0.25) is 5.02 Å². The first kappa shape index (κ1) is 18.3. The van der Waals surface area contributed by atoms with Crippen LogP contribution in [-0.4, -0.2) is 41.9 Å². The van der Waals surface area contributed by atoms with E-state index in [4.69, 9.17) is 11.6 Å². The monoisotopic (exact) mass is 371 g/mol. The summed E-state index contributed by atoms with van der Waals surface area (Å²) in [6.07, 6.45) is 2.10. The second-order valence-corrected chi connectivity index (χ2v) is 6.86. The lowest BCUT2D eigenvalue weighted by molar-refractivity contribution is 0.0793. The third-order valence-electron chi connectivity index (χ3n) is 4.47. The highest BCUT2D eigenvalue weighted by Crippen LogP contribution is 2.19. The zero-order valence-electron chi connectivity index (χ0n) is 14.7. The summed E-state index contributed by atoms with van der Waals surface area (Å²) in [7, 11) is 1.71. The van der Waals surface area contributed by atoms with Crippen molar-refractivity contribution in [1.82, 2.24) is 9.80 Å². The van der Waals surface area contributed by atoms with Gasteiger partial charge >= 0.3 is 6.03 Å². The number of urea groups is 1. The van der Waals surface area contributed by atoms with Gasteiger partial charge in [-0.3, -0.25) is 4.79 Å². The van der Waals surface area contributed by atoms with Gasteiger partial charge in [0.05, 0.1) is 0 Å². The van der Waals surface area contributed by atoms with Crippen molar-refractivity contribution in [2.75, 3.05) is 25.5 Å². The van der Waals surface area contributed by atoms with Crippen LogP contribution < -0.4 is 5.32 Å². The fourth-order valence-electron chi connectivity index (χ4n) is 3.01. The molecule has 1 aliphatic heterocycles. The highest BCUT2D eigenvalue weighted by Gasteiger charge is 2.20. The van der Waals surface area contributed by atoms with Gasteiger partial charge in [-0.05, 0) is 42.7 Å². The van der Waals surface area contributed by atoms with E-state index in [9.17, 15) is 9.59 Å². The Bertz CT molecular complexity index is 803. The number of nitrogens with one attached hydrogen (secondary N) is 1. The second kappa shape index (κ2) is 8.23. The second-order valence-electron chi connectivity index (χ2n) is 6.46. The molecule has 2 aromatic rings. The van der Waals surface area contributed by atoms with Gasteiger partial charge in [-0.15, -0.1) is 0 Å². The van der Waals surface area contributed by atoms with Crippen LogP contribution in [0.25, 0.3) is 0 Å². The molecule has 0 spiro atoms. The summed E-state index contributed by atoms with van der Waals surface area (Å²) in [6, 6.07) is 14.3. The minimum atomic E-state index is -0.254. The molecule has 6 heteroatoms. The van der Waals surface area contributed by atoms with E-state index in [-0.39, 0.29) is 11.9 Å². The van der Waals surface area contributed by atoms with Crippen LogP contribution in [0.5, 0.6) is 0 Å². The summed E-state index contributed by atoms with van der Waals surface area (Å²) in [5.41, 5.74) is 2.08. The molecule has 0 atom stereocenters. The predicted octanol–water partition coefficient (Wildman–Crippen LogP) is 4.24. The van der Waals surface area contributed by atoms with Crippen molar-refractivity contribution >= 4 is 29.2 Å². The van der Waals surface area contributed by atoms with E-state index in [0.29, 0.717) is 22.8 Å². The first-order chi connectivity index (χ1) is 12.5. The van der Waals surface area contributed by atoms with Gasteiger partial charge in [0.15, 0.2) is 0 Å². The van der Waals surface area contributed by atoms with Gasteiger partial charge in [0, 0.05) is 43.0 Å². The molecule has 1 N–H and O–H groups in total. The van der Waals surface area contributed by atoms with Gasteiger partial charge in [-0.2, -0.15) is 0 Å². The smallest absolute Gasteiger partial charge is 0.321 e. The fraction of sp³-hybridized carbons (Fsp3) is 0.300. The average Bonchev–Trinajstić information content (AvgIpc) is 3.18. The molecule has 0 radical (unpaired) electrons. The summed E-state index contributed by atoms with van der Waals surface area (Å²) in [5, 5.41) is 3.47. The molecule has 1 saturated heterocycles. The van der Waals surface area contributed by atoms with E-state index in [1.807, 2.05) is 23.1 Å². The number of carbonyl (C=O) groups excluding carboxylic acids is 2. The summed E-state index contributed by atoms with van der Waals surface area (Å²) in [6.45, 7) is 2.00. The first-order valence-electron chi connectivity index (χ1n) is 8.69. The standard InChI is InChI=1S/C20H22ClN3O2/c1-23(14-16-7-2-3-10-18(16)21)20(26)22-17-9-6-8-15(13-17)19(25)24-11-4-5-12-24/h2-3,6-10,13H,4-5,11-12,14H2,1H3,(H,22,26). The Morgan fingerprint density at radius 2 is 1.85 bits per heavy atom. The number of rotatable bonds is 4. The SMILES string of the molecule is CN(Cc1ccccc1Cl)C(=O)Nc1cccc(C(=O)N2CCCC2)c1. The molecule has 2 aromatic carbocycles. The Labute approximate surface area is 158 Å². The lowest BCUT2D eigenvalue weighted by atomic mass is 10.1. The normalized spacial score (nSPS) is 13.5. The van der Waals surface area contributed by atoms with Crippen molar-refractivity contribution in [1.29, 1.82) is 0 Å². The molecule has 0 aromatic heterocycles. The highest BCUT2D eigenvalue weighted by molar-refractivity contribution is 6.31. The summed E-state index contributed by atoms with van der Waals surface area (Å²) in [5.74, 6) is 0.0167. The van der Waals surface area contributed by atoms with E-state index in [0.717, 1.165) is 31.5 Å². The van der Waals surface area contributed by atoms with Gasteiger partial charge in [0.25, 0.3) is 5.91 Å². The number of halogens is 1. The maximum Gasteiger partial charge on any atom is 0.321 e. The molecule has 0 bridgehead atoms. The zero-order valence-corrected chi connectivity index (χ0v) is 15.5. The fourth-order valence-corrected chi connectivity index (χ4v) is 3.20. The Morgan fingerprint density at radius 3 is 2.58 bits per heavy atom. The summed E-state index contributed by atoms with van der Waals surface area (Å²) < 4.78 is 0. The number of likely N-dealkylation sites (tertiary alicyclic amines) is 1. The van der Waals surface area contributed by atoms with Crippen LogP contribution >= 0.6 is 11.6 Å². The highest BCUT2D eigenvalue weighted by atomic mass is 35.5. The van der Waals surface area contributed by atoms with Crippen molar-refractivity contribution in [2.45, 2.75) is 19.4 Å². The van der Waals surface area contributed by atoms with Gasteiger partial charge in [-0.25, -0.2) is 4.79 Å². The molecule has 0 aliphatic carbocycles. The molecule has 3 rings (SSSR count). The van der Waals surface area contributed by atoms with Gasteiger partial charge in [-0.1, -0.05) is 35.9 Å². The number of anilines is 1. The average molecular weight is 372 g/mol. The summed E-state index contributed by atoms with van der Waals surface area (Å²) >= 11 is 6.15. The van der Waals surface area contributed by atoms with Crippen molar-refractivity contribution in [3.05, 3.63) is 64.7 Å². The van der Waals surface area contributed by atoms with E-state index in [2.05, 4.69) is 5.32 Å². The quantitative estimate of drug-likeness (QED) is 0.873. The van der Waals surface area contributed by atoms with Crippen LogP contribution in [0.15, 0.2) is 48.5 Å². The van der Waals surface area contributed by atoms with Crippen molar-refractivity contribution < 1.29 is 9.59 Å². The van der Waals surface area contributed by atoms with Crippen LogP contribution in [0.3, 0.4) is 0 Å². The Kier molecular flexibility index (Phi) is 5.78. The predicted molar refractivity (Wildman–Crippen MR) is 104 cm³/mol. The molecule has 5 nitrogen and oxygen atoms in total. The Hall–Kier alpha value is -2.53. The van der Waals surface area contributed by atoms with Gasteiger partial charge < -0.3 is 15.1 Å². The lowest BCUT2D eigenvalue weighted by Gasteiger charge is -2.19. The Morgan fingerprint density at radius 1 is 1.12 bits per heavy atom. The number of carbonyl (C=O) groups is 2. The van der Waals surface area contributed by atoms with Crippen LogP contribution in [0.1, 0.15) is 28.8 Å². The van der Waals surface area contributed by atoms with Gasteiger partial charge in [0.1, 0.15) is 0 Å². The number of hydrogen-bond donors (Lipinski definition) is 1. The Balaban J connectivity index is 1.64. The van der Waals surface area contributed by atoms with Crippen LogP contribution in [0, 0.1) is 0 Å². The van der Waals surface area contributed by atoms with Crippen LogP contribution in [-0.2, 0) is 6.54 Å². The van der Waals surface area contributed by atoms with Crippen molar-refractivity contribution in [3.63, 3.8) is 0 Å². The summed E-state index contributed by atoms with van der Waals surface area (Å²) in [4.78, 5) is 28.3. The van der Waals surface area contributed by atoms with E-state index < -0.39 is 0 Å². The largest absolute Gasteiger partial charge is 0.339 e. The van der Waals surface area contributed by atoms with Gasteiger partial charge in [0.2, 0.25) is 0 Å². The molecular weight excluding hydrogens is 350 g/mol. The topological polar surface area (TPSA) is 52.7 Å². The third kappa shape index (κ3) is 4.35. The van der Waals surface area contributed by atoms with E-state index >= 15 is 0 Å². The molecule has 1 aliphatic rings. The van der Waals surface area contributed by atoms with E-state index in [1.165, 1.54) is 0 Å². The number of amides is 3. The maximum atomic E-state index is 12.5. The molecular formula is C20H22ClN3O2. The number of nitrogens with zero attached hydrogens (tertiary/aromatic N) is 2. The zero-order chi connectivity index (χ0) is 18.5. The maximum absolute atomic E-state index is 12.5. The lowest BCUT2D eigenvalue weighted by Crippen LogP contribution is -2.31. The molecule has 0 unspecified atom stereocenters.